The fourth-order valence-corrected chi connectivity index (χ4v) is 1.66. The summed E-state index contributed by atoms with van der Waals surface area (Å²) in [5.74, 6) is 1.44. The lowest BCUT2D eigenvalue weighted by Gasteiger charge is -2.19. The van der Waals surface area contributed by atoms with Gasteiger partial charge in [-0.05, 0) is 37.5 Å². The Hall–Kier alpha value is -0.610. The maximum atomic E-state index is 5.61. The molecule has 0 bridgehead atoms. The van der Waals surface area contributed by atoms with Crippen LogP contribution < -0.4 is 5.32 Å². The molecule has 1 saturated heterocycles. The van der Waals surface area contributed by atoms with Gasteiger partial charge in [0.15, 0.2) is 0 Å². The van der Waals surface area contributed by atoms with E-state index in [0.717, 1.165) is 31.8 Å². The van der Waals surface area contributed by atoms with E-state index in [1.165, 1.54) is 0 Å². The van der Waals surface area contributed by atoms with Crippen LogP contribution in [0.1, 0.15) is 24.6 Å². The van der Waals surface area contributed by atoms with E-state index in [0.29, 0.717) is 11.2 Å². The summed E-state index contributed by atoms with van der Waals surface area (Å²) in [5.41, 5.74) is 0. The highest BCUT2D eigenvalue weighted by atomic mass is 35.5. The molecule has 1 aromatic heterocycles. The van der Waals surface area contributed by atoms with E-state index in [1.807, 2.05) is 0 Å². The maximum absolute atomic E-state index is 5.61. The number of halogens is 1. The molecular weight excluding hydrogens is 176 g/mol. The summed E-state index contributed by atoms with van der Waals surface area (Å²) in [5, 5.41) is 10.3. The van der Waals surface area contributed by atoms with Gasteiger partial charge in [0.05, 0.1) is 0 Å². The van der Waals surface area contributed by atoms with Gasteiger partial charge < -0.3 is 5.32 Å². The Morgan fingerprint density at radius 1 is 1.33 bits per heavy atom. The SMILES string of the molecule is Clc1n[nH]c(C2CCNCC2)n1. The molecule has 0 aromatic carbocycles. The summed E-state index contributed by atoms with van der Waals surface area (Å²) < 4.78 is 0. The van der Waals surface area contributed by atoms with Crippen LogP contribution in [0.15, 0.2) is 0 Å². The van der Waals surface area contributed by atoms with Crippen LogP contribution in [0, 0.1) is 0 Å². The second-order valence-corrected chi connectivity index (χ2v) is 3.35. The van der Waals surface area contributed by atoms with Crippen molar-refractivity contribution in [2.24, 2.45) is 0 Å². The predicted molar refractivity (Wildman–Crippen MR) is 46.2 cm³/mol. The number of rotatable bonds is 1. The van der Waals surface area contributed by atoms with Gasteiger partial charge in [-0.2, -0.15) is 0 Å². The van der Waals surface area contributed by atoms with Crippen molar-refractivity contribution in [2.75, 3.05) is 13.1 Å². The Kier molecular flexibility index (Phi) is 2.28. The van der Waals surface area contributed by atoms with E-state index < -0.39 is 0 Å². The van der Waals surface area contributed by atoms with Crippen LogP contribution in [-0.2, 0) is 0 Å². The van der Waals surface area contributed by atoms with Crippen LogP contribution in [0.3, 0.4) is 0 Å². The van der Waals surface area contributed by atoms with Gasteiger partial charge >= 0.3 is 0 Å². The van der Waals surface area contributed by atoms with Crippen molar-refractivity contribution in [1.82, 2.24) is 20.5 Å². The molecule has 66 valence electrons. The Labute approximate surface area is 75.7 Å². The second-order valence-electron chi connectivity index (χ2n) is 3.01. The molecule has 0 aliphatic carbocycles. The Bertz CT molecular complexity index is 254. The van der Waals surface area contributed by atoms with Gasteiger partial charge in [0, 0.05) is 5.92 Å². The van der Waals surface area contributed by atoms with Crippen molar-refractivity contribution in [3.63, 3.8) is 0 Å². The lowest BCUT2D eigenvalue weighted by atomic mass is 9.98. The summed E-state index contributed by atoms with van der Waals surface area (Å²) >= 11 is 5.61. The molecule has 0 unspecified atom stereocenters. The molecule has 5 heteroatoms. The number of nitrogens with zero attached hydrogens (tertiary/aromatic N) is 2. The van der Waals surface area contributed by atoms with E-state index in [9.17, 15) is 0 Å². The molecule has 0 amide bonds. The minimum Gasteiger partial charge on any atom is -0.317 e. The average Bonchev–Trinajstić information content (AvgIpc) is 2.54. The molecule has 0 saturated carbocycles. The third-order valence-corrected chi connectivity index (χ3v) is 2.37. The number of aromatic nitrogens is 3. The minimum atomic E-state index is 0.323. The summed E-state index contributed by atoms with van der Waals surface area (Å²) in [6, 6.07) is 0. The molecule has 4 nitrogen and oxygen atoms in total. The number of nitrogens with one attached hydrogen (secondary N) is 2. The van der Waals surface area contributed by atoms with Crippen molar-refractivity contribution in [3.05, 3.63) is 11.1 Å². The molecule has 1 aliphatic heterocycles. The summed E-state index contributed by atoms with van der Waals surface area (Å²) in [6.07, 6.45) is 2.23. The molecular formula is C7H11ClN4. The van der Waals surface area contributed by atoms with Crippen LogP contribution >= 0.6 is 11.6 Å². The van der Waals surface area contributed by atoms with Crippen molar-refractivity contribution in [1.29, 1.82) is 0 Å². The number of H-pyrrole nitrogens is 1. The molecule has 0 atom stereocenters. The molecule has 12 heavy (non-hydrogen) atoms. The quantitative estimate of drug-likeness (QED) is 0.686. The lowest BCUT2D eigenvalue weighted by molar-refractivity contribution is 0.446. The zero-order valence-electron chi connectivity index (χ0n) is 6.68. The first-order chi connectivity index (χ1) is 5.86. The zero-order chi connectivity index (χ0) is 8.39. The Morgan fingerprint density at radius 2 is 2.08 bits per heavy atom. The lowest BCUT2D eigenvalue weighted by Crippen LogP contribution is -2.27. The number of hydrogen-bond acceptors (Lipinski definition) is 3. The van der Waals surface area contributed by atoms with Gasteiger partial charge in [-0.25, -0.2) is 4.98 Å². The summed E-state index contributed by atoms with van der Waals surface area (Å²) in [7, 11) is 0. The van der Waals surface area contributed by atoms with Crippen LogP contribution in [0.5, 0.6) is 0 Å². The molecule has 1 aromatic rings. The van der Waals surface area contributed by atoms with Gasteiger partial charge in [-0.1, -0.05) is 0 Å². The zero-order valence-corrected chi connectivity index (χ0v) is 7.43. The molecule has 0 spiro atoms. The smallest absolute Gasteiger partial charge is 0.242 e. The molecule has 1 fully saturated rings. The predicted octanol–water partition coefficient (Wildman–Crippen LogP) is 0.925. The van der Waals surface area contributed by atoms with Crippen LogP contribution in [-0.4, -0.2) is 28.3 Å². The maximum Gasteiger partial charge on any atom is 0.242 e. The van der Waals surface area contributed by atoms with Crippen LogP contribution in [0.2, 0.25) is 5.28 Å². The van der Waals surface area contributed by atoms with Gasteiger partial charge in [0.1, 0.15) is 5.82 Å². The van der Waals surface area contributed by atoms with Crippen molar-refractivity contribution < 1.29 is 0 Å². The first-order valence-corrected chi connectivity index (χ1v) is 4.52. The van der Waals surface area contributed by atoms with Gasteiger partial charge in [-0.15, -0.1) is 5.10 Å². The molecule has 2 rings (SSSR count). The third-order valence-electron chi connectivity index (χ3n) is 2.20. The van der Waals surface area contributed by atoms with E-state index in [-0.39, 0.29) is 0 Å². The number of piperidine rings is 1. The monoisotopic (exact) mass is 186 g/mol. The van der Waals surface area contributed by atoms with E-state index in [2.05, 4.69) is 20.5 Å². The van der Waals surface area contributed by atoms with Crippen LogP contribution in [0.25, 0.3) is 0 Å². The highest BCUT2D eigenvalue weighted by molar-refractivity contribution is 6.28. The molecule has 2 N–H and O–H groups in total. The molecule has 1 aliphatic rings. The van der Waals surface area contributed by atoms with Crippen molar-refractivity contribution in [3.8, 4) is 0 Å². The van der Waals surface area contributed by atoms with Crippen LogP contribution in [0.4, 0.5) is 0 Å². The minimum absolute atomic E-state index is 0.323. The Morgan fingerprint density at radius 3 is 2.67 bits per heavy atom. The topological polar surface area (TPSA) is 53.6 Å². The largest absolute Gasteiger partial charge is 0.317 e. The summed E-state index contributed by atoms with van der Waals surface area (Å²) in [6.45, 7) is 2.12. The Balaban J connectivity index is 2.08. The van der Waals surface area contributed by atoms with E-state index in [1.54, 1.807) is 0 Å². The van der Waals surface area contributed by atoms with Gasteiger partial charge in [-0.3, -0.25) is 5.10 Å². The van der Waals surface area contributed by atoms with E-state index >= 15 is 0 Å². The number of aromatic amines is 1. The fraction of sp³-hybridized carbons (Fsp3) is 0.714. The summed E-state index contributed by atoms with van der Waals surface area (Å²) in [4.78, 5) is 4.11. The van der Waals surface area contributed by atoms with Crippen molar-refractivity contribution in [2.45, 2.75) is 18.8 Å². The highest BCUT2D eigenvalue weighted by Crippen LogP contribution is 2.22. The fourth-order valence-electron chi connectivity index (χ4n) is 1.53. The average molecular weight is 187 g/mol. The van der Waals surface area contributed by atoms with Gasteiger partial charge in [0.25, 0.3) is 0 Å². The standard InChI is InChI=1S/C7H11ClN4/c8-7-10-6(11-12-7)5-1-3-9-4-2-5/h5,9H,1-4H2,(H,10,11,12). The highest BCUT2D eigenvalue weighted by Gasteiger charge is 2.18. The normalized spacial score (nSPS) is 19.8. The second kappa shape index (κ2) is 3.41. The van der Waals surface area contributed by atoms with Crippen molar-refractivity contribution >= 4 is 11.6 Å². The molecule has 2 heterocycles. The first kappa shape index (κ1) is 8.01. The first-order valence-electron chi connectivity index (χ1n) is 4.15. The molecule has 0 radical (unpaired) electrons. The number of hydrogen-bond donors (Lipinski definition) is 2. The third kappa shape index (κ3) is 1.59. The van der Waals surface area contributed by atoms with E-state index in [4.69, 9.17) is 11.6 Å². The van der Waals surface area contributed by atoms with Gasteiger partial charge in [0.2, 0.25) is 5.28 Å².